The Labute approximate surface area is 269 Å². The van der Waals surface area contributed by atoms with Crippen molar-refractivity contribution in [2.24, 2.45) is 0 Å². The molecule has 0 aliphatic heterocycles. The van der Waals surface area contributed by atoms with E-state index in [1.807, 2.05) is 66.7 Å². The van der Waals surface area contributed by atoms with Crippen LogP contribution in [0.25, 0.3) is 54.9 Å². The minimum absolute atomic E-state index is 0.828. The monoisotopic (exact) mass is 606 g/mol. The predicted molar refractivity (Wildman–Crippen MR) is 197 cm³/mol. The summed E-state index contributed by atoms with van der Waals surface area (Å²) in [5, 5.41) is 7.23. The zero-order valence-electron chi connectivity index (χ0n) is 25.3. The van der Waals surface area contributed by atoms with Gasteiger partial charge in [0.2, 0.25) is 0 Å². The zero-order chi connectivity index (χ0) is 30.9. The van der Waals surface area contributed by atoms with Crippen LogP contribution >= 0.6 is 7.14 Å². The van der Waals surface area contributed by atoms with Crippen LogP contribution in [0.5, 0.6) is 0 Å². The number of hydrogen-bond donors (Lipinski definition) is 0. The third kappa shape index (κ3) is 4.69. The van der Waals surface area contributed by atoms with E-state index in [0.717, 1.165) is 27.0 Å². The summed E-state index contributed by atoms with van der Waals surface area (Å²) in [5.41, 5.74) is 7.05. The molecule has 0 fully saturated rings. The lowest BCUT2D eigenvalue weighted by atomic mass is 9.84. The van der Waals surface area contributed by atoms with Crippen LogP contribution < -0.4 is 15.9 Å². The molecule has 0 amide bonds. The fourth-order valence-corrected chi connectivity index (χ4v) is 9.58. The van der Waals surface area contributed by atoms with Crippen LogP contribution in [0, 0.1) is 0 Å². The van der Waals surface area contributed by atoms with E-state index < -0.39 is 7.14 Å². The number of benzene rings is 8. The van der Waals surface area contributed by atoms with Crippen molar-refractivity contribution in [3.63, 3.8) is 0 Å². The van der Waals surface area contributed by atoms with E-state index >= 15 is 4.57 Å². The molecule has 0 atom stereocenters. The highest BCUT2D eigenvalue weighted by atomic mass is 31.2. The molecule has 0 bridgehead atoms. The average molecular weight is 607 g/mol. The maximum Gasteiger partial charge on any atom is 0.171 e. The van der Waals surface area contributed by atoms with Gasteiger partial charge in [0.25, 0.3) is 0 Å². The molecule has 1 nitrogen and oxygen atoms in total. The molecule has 0 aliphatic rings. The van der Waals surface area contributed by atoms with Gasteiger partial charge in [-0.25, -0.2) is 0 Å². The number of hydrogen-bond acceptors (Lipinski definition) is 1. The second kappa shape index (κ2) is 11.8. The van der Waals surface area contributed by atoms with Crippen LogP contribution in [-0.2, 0) is 4.57 Å². The number of fused-ring (bicyclic) bond motifs is 2. The maximum absolute atomic E-state index is 15.3. The van der Waals surface area contributed by atoms with Crippen LogP contribution in [0.15, 0.2) is 188 Å². The lowest BCUT2D eigenvalue weighted by molar-refractivity contribution is 0.592. The van der Waals surface area contributed by atoms with Crippen LogP contribution in [0.2, 0.25) is 0 Å². The van der Waals surface area contributed by atoms with Gasteiger partial charge >= 0.3 is 0 Å². The second-order valence-electron chi connectivity index (χ2n) is 11.6. The Hall–Kier alpha value is -5.49. The van der Waals surface area contributed by atoms with Gasteiger partial charge in [-0.2, -0.15) is 0 Å². The van der Waals surface area contributed by atoms with Crippen LogP contribution in [0.4, 0.5) is 0 Å². The Bertz CT molecular complexity index is 2280. The van der Waals surface area contributed by atoms with Gasteiger partial charge < -0.3 is 4.57 Å². The standard InChI is InChI=1S/C44H31OP/c45-46(34-20-6-2-7-21-34,35-22-8-3-9-23-35)36-24-16-19-33(31-36)43-39-27-12-14-29-41(39)44(42-30-15-13-28-40(42)43)38-26-11-10-25-37(38)32-17-4-1-5-18-32/h1-31H. The second-order valence-corrected chi connectivity index (χ2v) is 14.4. The van der Waals surface area contributed by atoms with Gasteiger partial charge in [0.1, 0.15) is 0 Å². The van der Waals surface area contributed by atoms with E-state index in [0.29, 0.717) is 0 Å². The van der Waals surface area contributed by atoms with Crippen molar-refractivity contribution in [1.82, 2.24) is 0 Å². The van der Waals surface area contributed by atoms with Crippen LogP contribution in [0.1, 0.15) is 0 Å². The summed E-state index contributed by atoms with van der Waals surface area (Å²) in [6, 6.07) is 65.0. The Balaban J connectivity index is 1.42. The van der Waals surface area contributed by atoms with E-state index in [4.69, 9.17) is 0 Å². The molecule has 0 heterocycles. The fourth-order valence-electron chi connectivity index (χ4n) is 6.88. The lowest BCUT2D eigenvalue weighted by Gasteiger charge is -2.22. The van der Waals surface area contributed by atoms with Crippen molar-refractivity contribution in [2.75, 3.05) is 0 Å². The third-order valence-corrected chi connectivity index (χ3v) is 12.0. The quantitative estimate of drug-likeness (QED) is 0.136. The Morgan fingerprint density at radius 3 is 1.24 bits per heavy atom. The van der Waals surface area contributed by atoms with Crippen molar-refractivity contribution in [3.05, 3.63) is 188 Å². The van der Waals surface area contributed by atoms with Crippen molar-refractivity contribution >= 4 is 44.6 Å². The maximum atomic E-state index is 15.3. The summed E-state index contributed by atoms with van der Waals surface area (Å²) in [4.78, 5) is 0. The smallest absolute Gasteiger partial charge is 0.171 e. The average Bonchev–Trinajstić information content (AvgIpc) is 3.14. The SMILES string of the molecule is O=P(c1ccccc1)(c1ccccc1)c1cccc(-c2c3ccccc3c(-c3ccccc3-c3ccccc3)c3ccccc23)c1. The first-order valence-electron chi connectivity index (χ1n) is 15.6. The Morgan fingerprint density at radius 2 is 0.696 bits per heavy atom. The minimum Gasteiger partial charge on any atom is -0.309 e. The highest BCUT2D eigenvalue weighted by Gasteiger charge is 2.30. The summed E-state index contributed by atoms with van der Waals surface area (Å²) in [6.07, 6.45) is 0. The van der Waals surface area contributed by atoms with Gasteiger partial charge in [0.15, 0.2) is 7.14 Å². The molecular formula is C44H31OP. The van der Waals surface area contributed by atoms with Gasteiger partial charge in [0, 0.05) is 15.9 Å². The van der Waals surface area contributed by atoms with Crippen molar-refractivity contribution in [2.45, 2.75) is 0 Å². The van der Waals surface area contributed by atoms with Gasteiger partial charge in [-0.15, -0.1) is 0 Å². The van der Waals surface area contributed by atoms with Crippen LogP contribution in [-0.4, -0.2) is 0 Å². The van der Waals surface area contributed by atoms with Crippen molar-refractivity contribution < 1.29 is 4.57 Å². The van der Waals surface area contributed by atoms with E-state index in [1.165, 1.54) is 43.8 Å². The Morgan fingerprint density at radius 1 is 0.304 bits per heavy atom. The molecule has 0 saturated heterocycles. The normalized spacial score (nSPS) is 11.6. The summed E-state index contributed by atoms with van der Waals surface area (Å²) >= 11 is 0. The van der Waals surface area contributed by atoms with Gasteiger partial charge in [-0.1, -0.05) is 182 Å². The molecule has 8 aromatic rings. The Kier molecular flexibility index (Phi) is 7.18. The summed E-state index contributed by atoms with van der Waals surface area (Å²) in [7, 11) is -3.14. The molecule has 0 radical (unpaired) electrons. The van der Waals surface area contributed by atoms with Gasteiger partial charge in [0.05, 0.1) is 0 Å². The van der Waals surface area contributed by atoms with Crippen LogP contribution in [0.3, 0.4) is 0 Å². The largest absolute Gasteiger partial charge is 0.309 e. The van der Waals surface area contributed by atoms with Crippen molar-refractivity contribution in [3.8, 4) is 33.4 Å². The third-order valence-electron chi connectivity index (χ3n) is 8.95. The van der Waals surface area contributed by atoms with Gasteiger partial charge in [-0.05, 0) is 61.0 Å². The van der Waals surface area contributed by atoms with E-state index in [9.17, 15) is 0 Å². The fraction of sp³-hybridized carbons (Fsp3) is 0. The first-order valence-corrected chi connectivity index (χ1v) is 17.3. The van der Waals surface area contributed by atoms with E-state index in [1.54, 1.807) is 0 Å². The molecule has 0 unspecified atom stereocenters. The molecular weight excluding hydrogens is 575 g/mol. The highest BCUT2D eigenvalue weighted by Crippen LogP contribution is 2.47. The molecule has 0 aliphatic carbocycles. The molecule has 0 aromatic heterocycles. The van der Waals surface area contributed by atoms with E-state index in [-0.39, 0.29) is 0 Å². The minimum atomic E-state index is -3.14. The zero-order valence-corrected chi connectivity index (χ0v) is 26.1. The predicted octanol–water partition coefficient (Wildman–Crippen LogP) is 10.6. The molecule has 0 spiro atoms. The van der Waals surface area contributed by atoms with Gasteiger partial charge in [-0.3, -0.25) is 0 Å². The first-order chi connectivity index (χ1) is 22.7. The summed E-state index contributed by atoms with van der Waals surface area (Å²) in [6.45, 7) is 0. The molecule has 0 N–H and O–H groups in total. The number of rotatable bonds is 6. The molecule has 8 aromatic carbocycles. The summed E-state index contributed by atoms with van der Waals surface area (Å²) in [5.74, 6) is 0. The molecule has 218 valence electrons. The summed E-state index contributed by atoms with van der Waals surface area (Å²) < 4.78 is 15.3. The lowest BCUT2D eigenvalue weighted by Crippen LogP contribution is -2.25. The van der Waals surface area contributed by atoms with Crippen molar-refractivity contribution in [1.29, 1.82) is 0 Å². The highest BCUT2D eigenvalue weighted by molar-refractivity contribution is 7.85. The topological polar surface area (TPSA) is 17.1 Å². The first kappa shape index (κ1) is 28.0. The molecule has 46 heavy (non-hydrogen) atoms. The van der Waals surface area contributed by atoms with E-state index in [2.05, 4.69) is 121 Å². The molecule has 0 saturated carbocycles. The molecule has 2 heteroatoms. The molecule has 8 rings (SSSR count).